The van der Waals surface area contributed by atoms with Crippen LogP contribution in [0.5, 0.6) is 0 Å². The monoisotopic (exact) mass is 287 g/mol. The summed E-state index contributed by atoms with van der Waals surface area (Å²) in [7, 11) is 2.06. The summed E-state index contributed by atoms with van der Waals surface area (Å²) in [6.07, 6.45) is 8.62. The van der Waals surface area contributed by atoms with Crippen LogP contribution in [-0.2, 0) is 0 Å². The van der Waals surface area contributed by atoms with E-state index in [-0.39, 0.29) is 0 Å². The van der Waals surface area contributed by atoms with Crippen LogP contribution in [0.1, 0.15) is 25.7 Å². The Balaban J connectivity index is 1.46. The molecule has 0 spiro atoms. The van der Waals surface area contributed by atoms with Crippen LogP contribution in [0.3, 0.4) is 0 Å². The maximum absolute atomic E-state index is 6.05. The van der Waals surface area contributed by atoms with Gasteiger partial charge in [-0.1, -0.05) is 0 Å². The first kappa shape index (κ1) is 14.2. The Morgan fingerprint density at radius 1 is 1.29 bits per heavy atom. The second kappa shape index (κ2) is 6.33. The number of anilines is 1. The highest BCUT2D eigenvalue weighted by Gasteiger charge is 2.27. The summed E-state index contributed by atoms with van der Waals surface area (Å²) in [4.78, 5) is 13.2. The summed E-state index contributed by atoms with van der Waals surface area (Å²) < 4.78 is 0. The summed E-state index contributed by atoms with van der Waals surface area (Å²) in [5.41, 5.74) is 7.33. The molecule has 2 N–H and O–H groups in total. The molecule has 1 aromatic heterocycles. The Morgan fingerprint density at radius 2 is 1.95 bits per heavy atom. The number of guanidine groups is 1. The van der Waals surface area contributed by atoms with E-state index < -0.39 is 0 Å². The lowest BCUT2D eigenvalue weighted by atomic mass is 9.97. The van der Waals surface area contributed by atoms with Crippen molar-refractivity contribution in [2.24, 2.45) is 16.6 Å². The molecule has 2 fully saturated rings. The fourth-order valence-electron chi connectivity index (χ4n) is 2.91. The predicted molar refractivity (Wildman–Crippen MR) is 86.4 cm³/mol. The van der Waals surface area contributed by atoms with Gasteiger partial charge in [0.05, 0.1) is 0 Å². The van der Waals surface area contributed by atoms with Crippen molar-refractivity contribution in [3.8, 4) is 0 Å². The second-order valence-corrected chi connectivity index (χ2v) is 6.18. The van der Waals surface area contributed by atoms with Crippen molar-refractivity contribution in [2.45, 2.75) is 31.7 Å². The molecule has 0 aromatic carbocycles. The van der Waals surface area contributed by atoms with Gasteiger partial charge in [-0.15, -0.1) is 0 Å². The summed E-state index contributed by atoms with van der Waals surface area (Å²) in [6.45, 7) is 3.07. The van der Waals surface area contributed by atoms with E-state index in [2.05, 4.69) is 39.0 Å². The zero-order chi connectivity index (χ0) is 14.7. The lowest BCUT2D eigenvalue weighted by Gasteiger charge is -2.33. The third-order valence-electron chi connectivity index (χ3n) is 4.61. The topological polar surface area (TPSA) is 57.8 Å². The maximum atomic E-state index is 6.05. The largest absolute Gasteiger partial charge is 0.371 e. The molecule has 21 heavy (non-hydrogen) atoms. The van der Waals surface area contributed by atoms with Crippen molar-refractivity contribution < 1.29 is 0 Å². The van der Waals surface area contributed by atoms with Crippen LogP contribution in [0.2, 0.25) is 0 Å². The molecule has 0 atom stereocenters. The zero-order valence-corrected chi connectivity index (χ0v) is 12.8. The summed E-state index contributed by atoms with van der Waals surface area (Å²) in [5.74, 6) is 1.38. The molecule has 1 saturated carbocycles. The Bertz CT molecular complexity index is 475. The van der Waals surface area contributed by atoms with Crippen LogP contribution in [0.4, 0.5) is 5.69 Å². The Hall–Kier alpha value is -1.78. The number of hydrogen-bond acceptors (Lipinski definition) is 3. The quantitative estimate of drug-likeness (QED) is 0.676. The first-order valence-corrected chi connectivity index (χ1v) is 7.92. The summed E-state index contributed by atoms with van der Waals surface area (Å²) >= 11 is 0. The van der Waals surface area contributed by atoms with Crippen LogP contribution in [0.15, 0.2) is 29.5 Å². The molecular formula is C16H25N5. The number of nitrogens with two attached hydrogens (primary N) is 1. The fraction of sp³-hybridized carbons (Fsp3) is 0.625. The van der Waals surface area contributed by atoms with E-state index in [0.717, 1.165) is 19.6 Å². The number of nitrogens with zero attached hydrogens (tertiary/aromatic N) is 4. The molecule has 114 valence electrons. The lowest BCUT2D eigenvalue weighted by molar-refractivity contribution is 0.410. The third kappa shape index (κ3) is 3.65. The van der Waals surface area contributed by atoms with Gasteiger partial charge in [-0.05, 0) is 43.7 Å². The van der Waals surface area contributed by atoms with Gasteiger partial charge >= 0.3 is 0 Å². The molecule has 1 aliphatic carbocycles. The fourth-order valence-corrected chi connectivity index (χ4v) is 2.91. The number of pyridine rings is 1. The molecule has 2 heterocycles. The maximum Gasteiger partial charge on any atom is 0.191 e. The van der Waals surface area contributed by atoms with E-state index >= 15 is 0 Å². The first-order valence-electron chi connectivity index (χ1n) is 7.92. The molecule has 1 aromatic rings. The van der Waals surface area contributed by atoms with Gasteiger partial charge in [0.1, 0.15) is 0 Å². The molecule has 5 nitrogen and oxygen atoms in total. The highest BCUT2D eigenvalue weighted by Crippen LogP contribution is 2.25. The van der Waals surface area contributed by atoms with Crippen molar-refractivity contribution in [3.05, 3.63) is 24.5 Å². The first-order chi connectivity index (χ1) is 10.2. The lowest BCUT2D eigenvalue weighted by Crippen LogP contribution is -2.37. The van der Waals surface area contributed by atoms with Gasteiger partial charge in [0.15, 0.2) is 5.96 Å². The van der Waals surface area contributed by atoms with Crippen LogP contribution in [-0.4, -0.2) is 48.6 Å². The highest BCUT2D eigenvalue weighted by atomic mass is 15.3. The van der Waals surface area contributed by atoms with E-state index in [1.54, 1.807) is 0 Å². The molecule has 2 aliphatic rings. The van der Waals surface area contributed by atoms with Crippen molar-refractivity contribution in [1.29, 1.82) is 0 Å². The minimum atomic E-state index is 0.641. The van der Waals surface area contributed by atoms with Gasteiger partial charge in [-0.3, -0.25) is 9.98 Å². The molecular weight excluding hydrogens is 262 g/mol. The highest BCUT2D eigenvalue weighted by molar-refractivity contribution is 5.78. The normalized spacial score (nSPS) is 20.6. The van der Waals surface area contributed by atoms with Gasteiger partial charge in [0, 0.05) is 50.8 Å². The third-order valence-corrected chi connectivity index (χ3v) is 4.61. The molecule has 3 rings (SSSR count). The summed E-state index contributed by atoms with van der Waals surface area (Å²) in [5, 5.41) is 0. The molecule has 0 bridgehead atoms. The molecule has 0 unspecified atom stereocenters. The van der Waals surface area contributed by atoms with Crippen LogP contribution < -0.4 is 10.6 Å². The van der Waals surface area contributed by atoms with Gasteiger partial charge in [0.25, 0.3) is 0 Å². The minimum absolute atomic E-state index is 0.641. The van der Waals surface area contributed by atoms with Gasteiger partial charge < -0.3 is 15.5 Å². The zero-order valence-electron chi connectivity index (χ0n) is 12.8. The van der Waals surface area contributed by atoms with Crippen molar-refractivity contribution in [1.82, 2.24) is 9.88 Å². The van der Waals surface area contributed by atoms with Crippen LogP contribution in [0.25, 0.3) is 0 Å². The van der Waals surface area contributed by atoms with Gasteiger partial charge in [-0.25, -0.2) is 0 Å². The van der Waals surface area contributed by atoms with Crippen molar-refractivity contribution in [2.75, 3.05) is 31.6 Å². The molecule has 1 aliphatic heterocycles. The number of rotatable bonds is 4. The number of aliphatic imine (C=N–C) groups is 1. The second-order valence-electron chi connectivity index (χ2n) is 6.18. The number of hydrogen-bond donors (Lipinski definition) is 1. The van der Waals surface area contributed by atoms with E-state index in [9.17, 15) is 0 Å². The number of piperidine rings is 1. The van der Waals surface area contributed by atoms with Crippen LogP contribution >= 0.6 is 0 Å². The Labute approximate surface area is 126 Å². The number of aromatic nitrogens is 1. The van der Waals surface area contributed by atoms with Gasteiger partial charge in [-0.2, -0.15) is 0 Å². The van der Waals surface area contributed by atoms with E-state index in [4.69, 9.17) is 5.73 Å². The average molecular weight is 287 g/mol. The van der Waals surface area contributed by atoms with Gasteiger partial charge in [0.2, 0.25) is 0 Å². The standard InChI is InChI=1S/C16H25N5/c1-20(14-2-3-14)16(17)19-12-13-6-10-21(11-7-13)15-4-8-18-9-5-15/h4-5,8-9,13-14H,2-3,6-7,10-12H2,1H3,(H2,17,19). The van der Waals surface area contributed by atoms with Crippen molar-refractivity contribution >= 4 is 11.6 Å². The van der Waals surface area contributed by atoms with E-state index in [1.807, 2.05) is 12.4 Å². The molecule has 0 radical (unpaired) electrons. The van der Waals surface area contributed by atoms with Crippen LogP contribution in [0, 0.1) is 5.92 Å². The smallest absolute Gasteiger partial charge is 0.191 e. The SMILES string of the molecule is CN(C(N)=NCC1CCN(c2ccncc2)CC1)C1CC1. The predicted octanol–water partition coefficient (Wildman–Crippen LogP) is 1.71. The van der Waals surface area contributed by atoms with E-state index in [0.29, 0.717) is 17.9 Å². The Morgan fingerprint density at radius 3 is 2.57 bits per heavy atom. The molecule has 0 amide bonds. The summed E-state index contributed by atoms with van der Waals surface area (Å²) in [6, 6.07) is 4.81. The Kier molecular flexibility index (Phi) is 4.27. The average Bonchev–Trinajstić information content (AvgIpc) is 3.38. The minimum Gasteiger partial charge on any atom is -0.371 e. The molecule has 1 saturated heterocycles. The van der Waals surface area contributed by atoms with Crippen molar-refractivity contribution in [3.63, 3.8) is 0 Å². The van der Waals surface area contributed by atoms with E-state index in [1.165, 1.54) is 31.4 Å². The molecule has 5 heteroatoms.